The number of aromatic amines is 1. The van der Waals surface area contributed by atoms with Crippen molar-refractivity contribution in [2.75, 3.05) is 14.2 Å². The number of benzene rings is 1. The molecule has 1 unspecified atom stereocenters. The number of nitrogens with one attached hydrogen (secondary N) is 1. The predicted molar refractivity (Wildman–Crippen MR) is 99.5 cm³/mol. The molecule has 3 aromatic rings. The van der Waals surface area contributed by atoms with Gasteiger partial charge in [0.25, 0.3) is 0 Å². The van der Waals surface area contributed by atoms with Crippen LogP contribution < -0.4 is 14.2 Å². The van der Waals surface area contributed by atoms with E-state index in [-0.39, 0.29) is 58.8 Å². The predicted octanol–water partition coefficient (Wildman–Crippen LogP) is 1.68. The molecule has 2 aromatic heterocycles. The minimum absolute atomic E-state index is 0. The third-order valence-corrected chi connectivity index (χ3v) is 4.60. The maximum atomic E-state index is 12.7. The van der Waals surface area contributed by atoms with Gasteiger partial charge in [0.15, 0.2) is 16.7 Å². The van der Waals surface area contributed by atoms with E-state index in [0.717, 1.165) is 0 Å². The number of ether oxygens (including phenoxy) is 3. The molecule has 0 spiro atoms. The van der Waals surface area contributed by atoms with Crippen molar-refractivity contribution in [3.05, 3.63) is 36.2 Å². The molecule has 0 fully saturated rings. The standard InChI is InChI=1S/C16H15F2N3O4S.Na.H2O/c1-23-13-5-6-19-12(14(13)24-2)8-26(22)16-20-10-4-3-9(25-15(17)18)7-11(10)21-16;;/h3-7,15H,8H2,1-2H3,(H,20,21);;1H2/i1D;;. The molecule has 1 radical (unpaired) electrons. The van der Waals surface area contributed by atoms with Crippen LogP contribution in [0.1, 0.15) is 7.06 Å². The Morgan fingerprint density at radius 2 is 2.11 bits per heavy atom. The van der Waals surface area contributed by atoms with Gasteiger partial charge in [-0.15, -0.1) is 0 Å². The zero-order chi connectivity index (χ0) is 19.4. The molecule has 8 nitrogen and oxygen atoms in total. The normalized spacial score (nSPS) is 11.9. The van der Waals surface area contributed by atoms with Gasteiger partial charge in [0.2, 0.25) is 0 Å². The summed E-state index contributed by atoms with van der Waals surface area (Å²) < 4.78 is 59.2. The number of imidazole rings is 1. The molecule has 1 aromatic carbocycles. The van der Waals surface area contributed by atoms with Crippen molar-refractivity contribution in [1.29, 1.82) is 0 Å². The Balaban J connectivity index is 0.00000210. The Hall–Kier alpha value is -1.79. The van der Waals surface area contributed by atoms with Gasteiger partial charge in [-0.1, -0.05) is 0 Å². The molecule has 3 rings (SSSR count). The summed E-state index contributed by atoms with van der Waals surface area (Å²) in [6.07, 6.45) is 1.46. The van der Waals surface area contributed by atoms with Crippen LogP contribution in [0.15, 0.2) is 35.6 Å². The topological polar surface area (TPSA) is 118 Å². The van der Waals surface area contributed by atoms with Gasteiger partial charge in [0.1, 0.15) is 5.75 Å². The monoisotopic (exact) mass is 425 g/mol. The number of aromatic nitrogens is 3. The number of hydrogen-bond donors (Lipinski definition) is 1. The van der Waals surface area contributed by atoms with Gasteiger partial charge < -0.3 is 24.7 Å². The summed E-state index contributed by atoms with van der Waals surface area (Å²) in [6, 6.07) is 5.75. The smallest absolute Gasteiger partial charge is 0.387 e. The van der Waals surface area contributed by atoms with E-state index < -0.39 is 17.4 Å². The molecule has 0 aliphatic carbocycles. The Kier molecular flexibility index (Phi) is 8.58. The third-order valence-electron chi connectivity index (χ3n) is 3.44. The van der Waals surface area contributed by atoms with Crippen molar-refractivity contribution in [2.24, 2.45) is 0 Å². The Morgan fingerprint density at radius 3 is 2.79 bits per heavy atom. The van der Waals surface area contributed by atoms with E-state index in [0.29, 0.717) is 28.2 Å². The van der Waals surface area contributed by atoms with Crippen LogP contribution in [0.4, 0.5) is 8.78 Å². The molecular weight excluding hydrogens is 407 g/mol. The summed E-state index contributed by atoms with van der Waals surface area (Å²) in [7, 11) is -0.483. The molecule has 0 saturated carbocycles. The minimum atomic E-state index is -2.93. The summed E-state index contributed by atoms with van der Waals surface area (Å²) in [6.45, 7) is -2.93. The minimum Gasteiger partial charge on any atom is -0.493 e. The molecule has 0 bridgehead atoms. The number of alkyl halides is 2. The van der Waals surface area contributed by atoms with Crippen LogP contribution in [0, 0.1) is 0 Å². The first-order chi connectivity index (χ1) is 13.0. The van der Waals surface area contributed by atoms with Crippen LogP contribution in [-0.2, 0) is 16.6 Å². The van der Waals surface area contributed by atoms with Crippen molar-refractivity contribution in [2.45, 2.75) is 17.5 Å². The third kappa shape index (κ3) is 5.39. The number of nitrogens with zero attached hydrogens (tertiary/aromatic N) is 2. The first-order valence-electron chi connectivity index (χ1n) is 7.99. The van der Waals surface area contributed by atoms with Gasteiger partial charge in [0, 0.05) is 47.9 Å². The summed E-state index contributed by atoms with van der Waals surface area (Å²) in [5, 5.41) is 0.162. The van der Waals surface area contributed by atoms with E-state index >= 15 is 0 Å². The first-order valence-corrected chi connectivity index (χ1v) is 8.60. The summed E-state index contributed by atoms with van der Waals surface area (Å²) >= 11 is 0. The molecule has 2 heterocycles. The number of methoxy groups -OCH3 is 2. The van der Waals surface area contributed by atoms with Crippen molar-refractivity contribution >= 4 is 51.4 Å². The molecular formula is C16H17F2N3NaO5S. The van der Waals surface area contributed by atoms with Gasteiger partial charge in [-0.3, -0.25) is 9.19 Å². The number of halogens is 2. The van der Waals surface area contributed by atoms with Gasteiger partial charge in [-0.05, 0) is 12.1 Å². The fourth-order valence-corrected chi connectivity index (χ4v) is 3.36. The Morgan fingerprint density at radius 1 is 1.32 bits per heavy atom. The van der Waals surface area contributed by atoms with Gasteiger partial charge in [0.05, 0.1) is 48.8 Å². The molecule has 12 heteroatoms. The van der Waals surface area contributed by atoms with Gasteiger partial charge >= 0.3 is 6.61 Å². The molecule has 0 aliphatic rings. The van der Waals surface area contributed by atoms with E-state index in [2.05, 4.69) is 19.7 Å². The van der Waals surface area contributed by atoms with Crippen molar-refractivity contribution in [3.63, 3.8) is 0 Å². The van der Waals surface area contributed by atoms with E-state index in [9.17, 15) is 13.0 Å². The Labute approximate surface area is 185 Å². The maximum absolute atomic E-state index is 12.7. The largest absolute Gasteiger partial charge is 0.493 e. The molecule has 28 heavy (non-hydrogen) atoms. The number of fused-ring (bicyclic) bond motifs is 1. The van der Waals surface area contributed by atoms with Crippen LogP contribution >= 0.6 is 0 Å². The van der Waals surface area contributed by atoms with Gasteiger partial charge in [-0.25, -0.2) is 4.98 Å². The fourth-order valence-electron chi connectivity index (χ4n) is 2.35. The second kappa shape index (κ2) is 10.7. The summed E-state index contributed by atoms with van der Waals surface area (Å²) in [4.78, 5) is 11.2. The second-order valence-corrected chi connectivity index (χ2v) is 6.39. The maximum Gasteiger partial charge on any atom is 0.387 e. The SMILES string of the molecule is O.[2H]COc1ccnc(CS(=O)c2nc3ccc(OC(F)F)cc3[nH]2)c1OC.[Na]. The van der Waals surface area contributed by atoms with Crippen molar-refractivity contribution in [3.8, 4) is 17.2 Å². The van der Waals surface area contributed by atoms with E-state index in [4.69, 9.17) is 10.8 Å². The quantitative estimate of drug-likeness (QED) is 0.576. The van der Waals surface area contributed by atoms with Crippen LogP contribution in [0.3, 0.4) is 0 Å². The molecule has 1 atom stereocenters. The fraction of sp³-hybridized carbons (Fsp3) is 0.250. The number of rotatable bonds is 7. The number of hydrogen-bond acceptors (Lipinski definition) is 6. The van der Waals surface area contributed by atoms with Crippen molar-refractivity contribution in [1.82, 2.24) is 15.0 Å². The average molecular weight is 425 g/mol. The number of H-pyrrole nitrogens is 1. The second-order valence-electron chi connectivity index (χ2n) is 5.02. The van der Waals surface area contributed by atoms with Crippen LogP contribution in [0.5, 0.6) is 17.2 Å². The van der Waals surface area contributed by atoms with Crippen LogP contribution in [0.25, 0.3) is 11.0 Å². The molecule has 0 amide bonds. The zero-order valence-corrected chi connectivity index (χ0v) is 17.9. The first kappa shape index (κ1) is 22.5. The van der Waals surface area contributed by atoms with E-state index in [1.54, 1.807) is 6.07 Å². The zero-order valence-electron chi connectivity index (χ0n) is 16.1. The van der Waals surface area contributed by atoms with Crippen LogP contribution in [-0.4, -0.2) is 75.0 Å². The Bertz CT molecular complexity index is 979. The average Bonchev–Trinajstić information content (AvgIpc) is 3.05. The molecule has 147 valence electrons. The molecule has 0 saturated heterocycles. The summed E-state index contributed by atoms with van der Waals surface area (Å²) in [5.74, 6) is 0.579. The summed E-state index contributed by atoms with van der Waals surface area (Å²) in [5.41, 5.74) is 1.26. The van der Waals surface area contributed by atoms with Crippen molar-refractivity contribution < 1.29 is 34.0 Å². The van der Waals surface area contributed by atoms with Crippen LogP contribution in [0.2, 0.25) is 0 Å². The van der Waals surface area contributed by atoms with E-state index in [1.807, 2.05) is 0 Å². The molecule has 3 N–H and O–H groups in total. The number of pyridine rings is 1. The van der Waals surface area contributed by atoms with E-state index in [1.165, 1.54) is 31.5 Å². The van der Waals surface area contributed by atoms with Gasteiger partial charge in [-0.2, -0.15) is 8.78 Å². The molecule has 0 aliphatic heterocycles.